The van der Waals surface area contributed by atoms with Crippen molar-refractivity contribution in [2.24, 2.45) is 0 Å². The van der Waals surface area contributed by atoms with Crippen LogP contribution in [0.15, 0.2) is 12.3 Å². The largest absolute Gasteiger partial charge is 0.465 e. The fourth-order valence-electron chi connectivity index (χ4n) is 1.66. The fourth-order valence-corrected chi connectivity index (χ4v) is 2.19. The molecule has 0 aliphatic rings. The molecule has 0 unspecified atom stereocenters. The number of allylic oxidation sites excluding steroid dienone is 1. The first-order valence-electron chi connectivity index (χ1n) is 8.26. The summed E-state index contributed by atoms with van der Waals surface area (Å²) in [6, 6.07) is -1.06. The monoisotopic (exact) mass is 391 g/mol. The van der Waals surface area contributed by atoms with E-state index in [9.17, 15) is 14.4 Å². The Labute approximate surface area is 158 Å². The van der Waals surface area contributed by atoms with Crippen molar-refractivity contribution in [3.05, 3.63) is 12.3 Å². The minimum Gasteiger partial charge on any atom is -0.465 e. The van der Waals surface area contributed by atoms with Gasteiger partial charge in [0, 0.05) is 17.9 Å². The maximum atomic E-state index is 12.1. The molecule has 26 heavy (non-hydrogen) atoms. The summed E-state index contributed by atoms with van der Waals surface area (Å²) in [7, 11) is 0. The lowest BCUT2D eigenvalue weighted by Crippen LogP contribution is -2.44. The third-order valence-corrected chi connectivity index (χ3v) is 3.54. The van der Waals surface area contributed by atoms with Crippen LogP contribution in [-0.4, -0.2) is 59.5 Å². The molecule has 150 valence electrons. The van der Waals surface area contributed by atoms with E-state index in [-0.39, 0.29) is 31.8 Å². The van der Waals surface area contributed by atoms with Crippen LogP contribution < -0.4 is 5.32 Å². The molecule has 0 aromatic heterocycles. The highest BCUT2D eigenvalue weighted by Crippen LogP contribution is 2.10. The zero-order chi connectivity index (χ0) is 20.2. The van der Waals surface area contributed by atoms with Gasteiger partial charge in [-0.25, -0.2) is 9.59 Å². The van der Waals surface area contributed by atoms with Crippen LogP contribution in [0.25, 0.3) is 0 Å². The Hall–Kier alpha value is -1.74. The number of carbonyl (C=O) groups is 3. The fraction of sp³-hybridized carbons (Fsp3) is 0.706. The summed E-state index contributed by atoms with van der Waals surface area (Å²) >= 11 is 1.46. The van der Waals surface area contributed by atoms with Crippen molar-refractivity contribution in [1.82, 2.24) is 5.32 Å². The molecule has 0 saturated heterocycles. The lowest BCUT2D eigenvalue weighted by molar-refractivity contribution is -0.144. The van der Waals surface area contributed by atoms with Gasteiger partial charge in [-0.1, -0.05) is 6.58 Å². The molecule has 8 nitrogen and oxygen atoms in total. The van der Waals surface area contributed by atoms with E-state index in [2.05, 4.69) is 11.9 Å². The van der Waals surface area contributed by atoms with Crippen molar-refractivity contribution in [2.45, 2.75) is 52.2 Å². The Morgan fingerprint density at radius 3 is 2.42 bits per heavy atom. The van der Waals surface area contributed by atoms with Crippen LogP contribution in [0, 0.1) is 0 Å². The molecule has 0 spiro atoms. The molecule has 0 fully saturated rings. The van der Waals surface area contributed by atoms with Crippen molar-refractivity contribution >= 4 is 29.8 Å². The van der Waals surface area contributed by atoms with Crippen molar-refractivity contribution in [1.29, 1.82) is 0 Å². The Morgan fingerprint density at radius 1 is 1.23 bits per heavy atom. The van der Waals surface area contributed by atoms with Crippen LogP contribution in [0.1, 0.15) is 40.5 Å². The van der Waals surface area contributed by atoms with Gasteiger partial charge in [-0.05, 0) is 34.1 Å². The summed E-state index contributed by atoms with van der Waals surface area (Å²) in [6.07, 6.45) is -0.848. The maximum absolute atomic E-state index is 12.1. The first-order valence-corrected chi connectivity index (χ1v) is 9.41. The zero-order valence-corrected chi connectivity index (χ0v) is 16.6. The van der Waals surface area contributed by atoms with E-state index < -0.39 is 29.7 Å². The summed E-state index contributed by atoms with van der Waals surface area (Å²) in [5, 5.41) is 11.1. The first-order chi connectivity index (χ1) is 12.0. The summed E-state index contributed by atoms with van der Waals surface area (Å²) in [5.74, 6) is 0.105. The Balaban J connectivity index is 4.52. The Bertz CT molecular complexity index is 488. The van der Waals surface area contributed by atoms with Gasteiger partial charge in [0.15, 0.2) is 0 Å². The van der Waals surface area contributed by atoms with Crippen LogP contribution in [0.5, 0.6) is 0 Å². The molecule has 1 amide bonds. The first kappa shape index (κ1) is 24.3. The van der Waals surface area contributed by atoms with E-state index in [1.165, 1.54) is 18.7 Å². The molecule has 1 atom stereocenters. The minimum atomic E-state index is -1.06. The van der Waals surface area contributed by atoms with E-state index in [1.807, 2.05) is 0 Å². The molecule has 0 heterocycles. The smallest absolute Gasteiger partial charge is 0.408 e. The second kappa shape index (κ2) is 12.6. The molecule has 9 heteroatoms. The molecule has 0 aromatic carbocycles. The highest BCUT2D eigenvalue weighted by atomic mass is 32.2. The number of esters is 2. The highest BCUT2D eigenvalue weighted by Gasteiger charge is 2.26. The predicted octanol–water partition coefficient (Wildman–Crippen LogP) is 2.01. The average molecular weight is 391 g/mol. The summed E-state index contributed by atoms with van der Waals surface area (Å²) < 4.78 is 15.1. The molecule has 0 aliphatic heterocycles. The molecule has 0 bridgehead atoms. The molecular weight excluding hydrogens is 362 g/mol. The van der Waals surface area contributed by atoms with Gasteiger partial charge in [0.1, 0.15) is 18.2 Å². The van der Waals surface area contributed by atoms with Gasteiger partial charge >= 0.3 is 18.0 Å². The van der Waals surface area contributed by atoms with Crippen molar-refractivity contribution in [3.8, 4) is 0 Å². The predicted molar refractivity (Wildman–Crippen MR) is 98.7 cm³/mol. The molecular formula is C17H29NO7S. The number of carbonyl (C=O) groups excluding carboxylic acids is 3. The molecule has 2 N–H and O–H groups in total. The third-order valence-electron chi connectivity index (χ3n) is 2.61. The lowest BCUT2D eigenvalue weighted by atomic mass is 10.1. The van der Waals surface area contributed by atoms with E-state index in [1.54, 1.807) is 20.8 Å². The average Bonchev–Trinajstić information content (AvgIpc) is 2.48. The van der Waals surface area contributed by atoms with E-state index in [0.29, 0.717) is 11.5 Å². The van der Waals surface area contributed by atoms with E-state index in [0.717, 1.165) is 0 Å². The number of alkyl carbamates (subject to hydrolysis) is 1. The number of ether oxygens (including phenoxy) is 3. The summed E-state index contributed by atoms with van der Waals surface area (Å²) in [5.41, 5.74) is -0.724. The van der Waals surface area contributed by atoms with Crippen molar-refractivity contribution < 1.29 is 33.7 Å². The molecule has 0 aromatic rings. The number of rotatable bonds is 11. The number of amides is 1. The van der Waals surface area contributed by atoms with Crippen LogP contribution >= 0.6 is 11.8 Å². The van der Waals surface area contributed by atoms with Gasteiger partial charge in [-0.2, -0.15) is 11.8 Å². The number of nitrogens with one attached hydrogen (secondary N) is 1. The van der Waals surface area contributed by atoms with Gasteiger partial charge < -0.3 is 24.6 Å². The standard InChI is InChI=1S/C17H29NO7S/c1-12(2)24-15(21)13(18-16(22)25-17(3,4)5)6-7-14(20)23-9-11-26-10-8-19/h13,19H,1,6-11H2,2-5H3,(H,18,22)/t13-/m0/s1. The molecule has 0 aliphatic carbocycles. The Kier molecular flexibility index (Phi) is 11.7. The molecule has 0 rings (SSSR count). The van der Waals surface area contributed by atoms with Crippen molar-refractivity contribution in [3.63, 3.8) is 0 Å². The number of thioether (sulfide) groups is 1. The van der Waals surface area contributed by atoms with E-state index >= 15 is 0 Å². The highest BCUT2D eigenvalue weighted by molar-refractivity contribution is 7.99. The van der Waals surface area contributed by atoms with Crippen LogP contribution in [0.2, 0.25) is 0 Å². The van der Waals surface area contributed by atoms with Gasteiger partial charge in [0.05, 0.1) is 12.4 Å². The lowest BCUT2D eigenvalue weighted by Gasteiger charge is -2.22. The molecule has 0 radical (unpaired) electrons. The number of aliphatic hydroxyl groups excluding tert-OH is 1. The third kappa shape index (κ3) is 13.5. The van der Waals surface area contributed by atoms with Gasteiger partial charge in [0.25, 0.3) is 0 Å². The quantitative estimate of drug-likeness (QED) is 0.238. The van der Waals surface area contributed by atoms with Crippen LogP contribution in [-0.2, 0) is 23.8 Å². The number of hydrogen-bond acceptors (Lipinski definition) is 8. The Morgan fingerprint density at radius 2 is 1.88 bits per heavy atom. The number of hydrogen-bond donors (Lipinski definition) is 2. The van der Waals surface area contributed by atoms with Crippen molar-refractivity contribution in [2.75, 3.05) is 24.7 Å². The maximum Gasteiger partial charge on any atom is 0.408 e. The van der Waals surface area contributed by atoms with E-state index in [4.69, 9.17) is 19.3 Å². The summed E-state index contributed by atoms with van der Waals surface area (Å²) in [4.78, 5) is 35.7. The SMILES string of the molecule is C=C(C)OC(=O)[C@H](CCC(=O)OCCSCCO)NC(=O)OC(C)(C)C. The van der Waals surface area contributed by atoms with Crippen LogP contribution in [0.3, 0.4) is 0 Å². The minimum absolute atomic E-state index is 0.00791. The van der Waals surface area contributed by atoms with Gasteiger partial charge in [0.2, 0.25) is 0 Å². The molecule has 0 saturated carbocycles. The topological polar surface area (TPSA) is 111 Å². The normalized spacial score (nSPS) is 12.0. The number of aliphatic hydroxyl groups is 1. The second-order valence-corrected chi connectivity index (χ2v) is 7.64. The van der Waals surface area contributed by atoms with Gasteiger partial charge in [-0.3, -0.25) is 4.79 Å². The van der Waals surface area contributed by atoms with Crippen LogP contribution in [0.4, 0.5) is 4.79 Å². The second-order valence-electron chi connectivity index (χ2n) is 6.42. The zero-order valence-electron chi connectivity index (χ0n) is 15.8. The van der Waals surface area contributed by atoms with Gasteiger partial charge in [-0.15, -0.1) is 0 Å². The summed E-state index contributed by atoms with van der Waals surface area (Å²) in [6.45, 7) is 10.3.